The average molecular weight is 301 g/mol. The van der Waals surface area contributed by atoms with Gasteiger partial charge >= 0.3 is 0 Å². The molecule has 0 bridgehead atoms. The second kappa shape index (κ2) is 5.65. The van der Waals surface area contributed by atoms with Crippen molar-refractivity contribution in [3.8, 4) is 11.3 Å². The summed E-state index contributed by atoms with van der Waals surface area (Å²) in [5.74, 6) is 0. The lowest BCUT2D eigenvalue weighted by atomic mass is 10.1. The first kappa shape index (κ1) is 13.2. The molecule has 0 saturated heterocycles. The highest BCUT2D eigenvalue weighted by Gasteiger charge is 2.05. The minimum atomic E-state index is 0.762. The third-order valence-electron chi connectivity index (χ3n) is 3.00. The summed E-state index contributed by atoms with van der Waals surface area (Å²) >= 11 is 7.66. The molecule has 4 heteroatoms. The molecule has 0 unspecified atom stereocenters. The van der Waals surface area contributed by atoms with Gasteiger partial charge in [0.05, 0.1) is 10.7 Å². The zero-order valence-electron chi connectivity index (χ0n) is 10.7. The van der Waals surface area contributed by atoms with Gasteiger partial charge in [0.2, 0.25) is 0 Å². The Morgan fingerprint density at radius 1 is 1.10 bits per heavy atom. The first-order valence-corrected chi connectivity index (χ1v) is 7.51. The molecule has 1 aromatic heterocycles. The van der Waals surface area contributed by atoms with E-state index in [0.717, 1.165) is 33.4 Å². The SMILES string of the molecule is Nc1ccc(-c2csc(Cc3cccc(Cl)c3)n2)cc1. The Kier molecular flexibility index (Phi) is 3.72. The van der Waals surface area contributed by atoms with Crippen molar-refractivity contribution in [3.63, 3.8) is 0 Å². The number of anilines is 1. The van der Waals surface area contributed by atoms with Gasteiger partial charge in [0.25, 0.3) is 0 Å². The number of nitrogen functional groups attached to an aromatic ring is 1. The van der Waals surface area contributed by atoms with Crippen molar-refractivity contribution in [2.75, 3.05) is 5.73 Å². The molecule has 0 aliphatic carbocycles. The van der Waals surface area contributed by atoms with E-state index in [2.05, 4.69) is 16.4 Å². The number of benzene rings is 2. The van der Waals surface area contributed by atoms with Gasteiger partial charge in [0, 0.05) is 28.1 Å². The second-order valence-corrected chi connectivity index (χ2v) is 5.93. The van der Waals surface area contributed by atoms with Crippen LogP contribution in [0.25, 0.3) is 11.3 Å². The number of thiazole rings is 1. The van der Waals surface area contributed by atoms with Gasteiger partial charge in [0.1, 0.15) is 0 Å². The van der Waals surface area contributed by atoms with E-state index in [1.54, 1.807) is 11.3 Å². The van der Waals surface area contributed by atoms with Crippen molar-refractivity contribution in [1.82, 2.24) is 4.98 Å². The molecule has 0 aliphatic rings. The lowest BCUT2D eigenvalue weighted by molar-refractivity contribution is 1.14. The summed E-state index contributed by atoms with van der Waals surface area (Å²) in [6, 6.07) is 15.7. The van der Waals surface area contributed by atoms with E-state index in [-0.39, 0.29) is 0 Å². The van der Waals surface area contributed by atoms with Gasteiger partial charge in [-0.2, -0.15) is 0 Å². The first-order valence-electron chi connectivity index (χ1n) is 6.25. The van der Waals surface area contributed by atoms with Gasteiger partial charge in [-0.25, -0.2) is 4.98 Å². The lowest BCUT2D eigenvalue weighted by Gasteiger charge is -1.99. The first-order chi connectivity index (χ1) is 9.70. The number of hydrogen-bond acceptors (Lipinski definition) is 3. The molecular weight excluding hydrogens is 288 g/mol. The number of nitrogens with zero attached hydrogens (tertiary/aromatic N) is 1. The fourth-order valence-electron chi connectivity index (χ4n) is 2.00. The number of halogens is 1. The van der Waals surface area contributed by atoms with Crippen LogP contribution in [-0.4, -0.2) is 4.98 Å². The highest BCUT2D eigenvalue weighted by molar-refractivity contribution is 7.10. The summed E-state index contributed by atoms with van der Waals surface area (Å²) < 4.78 is 0. The number of hydrogen-bond donors (Lipinski definition) is 1. The topological polar surface area (TPSA) is 38.9 Å². The molecule has 0 saturated carbocycles. The molecule has 0 fully saturated rings. The zero-order valence-corrected chi connectivity index (χ0v) is 12.3. The molecule has 0 amide bonds. The van der Waals surface area contributed by atoms with Crippen LogP contribution in [0.5, 0.6) is 0 Å². The monoisotopic (exact) mass is 300 g/mol. The Morgan fingerprint density at radius 2 is 1.90 bits per heavy atom. The number of nitrogens with two attached hydrogens (primary N) is 1. The molecule has 0 atom stereocenters. The van der Waals surface area contributed by atoms with E-state index >= 15 is 0 Å². The van der Waals surface area contributed by atoms with Crippen molar-refractivity contribution in [2.24, 2.45) is 0 Å². The Balaban J connectivity index is 1.82. The summed E-state index contributed by atoms with van der Waals surface area (Å²) in [6.07, 6.45) is 0.806. The van der Waals surface area contributed by atoms with Gasteiger partial charge in [-0.3, -0.25) is 0 Å². The molecule has 100 valence electrons. The molecule has 2 N–H and O–H groups in total. The van der Waals surface area contributed by atoms with E-state index < -0.39 is 0 Å². The highest BCUT2D eigenvalue weighted by Crippen LogP contribution is 2.24. The maximum atomic E-state index is 6.00. The molecule has 20 heavy (non-hydrogen) atoms. The molecule has 1 heterocycles. The van der Waals surface area contributed by atoms with Crippen LogP contribution in [-0.2, 0) is 6.42 Å². The Bertz CT molecular complexity index is 719. The Hall–Kier alpha value is -1.84. The third kappa shape index (κ3) is 3.00. The van der Waals surface area contributed by atoms with Crippen LogP contribution in [0.2, 0.25) is 5.02 Å². The summed E-state index contributed by atoms with van der Waals surface area (Å²) in [4.78, 5) is 4.67. The standard InChI is InChI=1S/C16H13ClN2S/c17-13-3-1-2-11(8-13)9-16-19-15(10-20-16)12-4-6-14(18)7-5-12/h1-8,10H,9,18H2. The van der Waals surface area contributed by atoms with Crippen LogP contribution in [0.1, 0.15) is 10.6 Å². The van der Waals surface area contributed by atoms with Crippen LogP contribution in [0.3, 0.4) is 0 Å². The van der Waals surface area contributed by atoms with E-state index in [1.165, 1.54) is 5.56 Å². The minimum absolute atomic E-state index is 0.762. The summed E-state index contributed by atoms with van der Waals surface area (Å²) in [6.45, 7) is 0. The van der Waals surface area contributed by atoms with Crippen molar-refractivity contribution in [2.45, 2.75) is 6.42 Å². The Morgan fingerprint density at radius 3 is 2.65 bits per heavy atom. The predicted octanol–water partition coefficient (Wildman–Crippen LogP) is 4.64. The van der Waals surface area contributed by atoms with Gasteiger partial charge in [-0.15, -0.1) is 11.3 Å². The predicted molar refractivity (Wildman–Crippen MR) is 86.2 cm³/mol. The average Bonchev–Trinajstić information content (AvgIpc) is 2.88. The fraction of sp³-hybridized carbons (Fsp3) is 0.0625. The Labute approximate surface area is 126 Å². The lowest BCUT2D eigenvalue weighted by Crippen LogP contribution is -1.88. The van der Waals surface area contributed by atoms with Crippen LogP contribution < -0.4 is 5.73 Å². The van der Waals surface area contributed by atoms with Crippen molar-refractivity contribution in [1.29, 1.82) is 0 Å². The van der Waals surface area contributed by atoms with Gasteiger partial charge in [-0.05, 0) is 29.8 Å². The van der Waals surface area contributed by atoms with E-state index in [9.17, 15) is 0 Å². The van der Waals surface area contributed by atoms with E-state index in [0.29, 0.717) is 0 Å². The van der Waals surface area contributed by atoms with Gasteiger partial charge < -0.3 is 5.73 Å². The number of rotatable bonds is 3. The second-order valence-electron chi connectivity index (χ2n) is 4.56. The molecule has 0 radical (unpaired) electrons. The maximum Gasteiger partial charge on any atom is 0.0976 e. The molecule has 3 rings (SSSR count). The highest BCUT2D eigenvalue weighted by atomic mass is 35.5. The van der Waals surface area contributed by atoms with Crippen molar-refractivity contribution >= 4 is 28.6 Å². The molecule has 2 nitrogen and oxygen atoms in total. The largest absolute Gasteiger partial charge is 0.399 e. The third-order valence-corrected chi connectivity index (χ3v) is 4.09. The zero-order chi connectivity index (χ0) is 13.9. The maximum absolute atomic E-state index is 6.00. The minimum Gasteiger partial charge on any atom is -0.399 e. The van der Waals surface area contributed by atoms with E-state index in [1.807, 2.05) is 42.5 Å². The van der Waals surface area contributed by atoms with Crippen molar-refractivity contribution in [3.05, 3.63) is 69.5 Å². The number of aromatic nitrogens is 1. The van der Waals surface area contributed by atoms with Crippen molar-refractivity contribution < 1.29 is 0 Å². The quantitative estimate of drug-likeness (QED) is 0.716. The van der Waals surface area contributed by atoms with E-state index in [4.69, 9.17) is 17.3 Å². The fourth-order valence-corrected chi connectivity index (χ4v) is 3.05. The molecule has 3 aromatic rings. The van der Waals surface area contributed by atoms with Crippen LogP contribution >= 0.6 is 22.9 Å². The summed E-state index contributed by atoms with van der Waals surface area (Å²) in [5.41, 5.74) is 9.72. The molecule has 0 aliphatic heterocycles. The normalized spacial score (nSPS) is 10.7. The van der Waals surface area contributed by atoms with Crippen LogP contribution in [0, 0.1) is 0 Å². The van der Waals surface area contributed by atoms with Gasteiger partial charge in [0.15, 0.2) is 0 Å². The molecule has 0 spiro atoms. The summed E-state index contributed by atoms with van der Waals surface area (Å²) in [5, 5.41) is 3.92. The smallest absolute Gasteiger partial charge is 0.0976 e. The molecular formula is C16H13ClN2S. The molecule has 2 aromatic carbocycles. The summed E-state index contributed by atoms with van der Waals surface area (Å²) in [7, 11) is 0. The van der Waals surface area contributed by atoms with Crippen LogP contribution in [0.4, 0.5) is 5.69 Å². The van der Waals surface area contributed by atoms with Gasteiger partial charge in [-0.1, -0.05) is 35.9 Å². The van der Waals surface area contributed by atoms with Crippen LogP contribution in [0.15, 0.2) is 53.9 Å².